The smallest absolute Gasteiger partial charge is 0.0593 e. The quantitative estimate of drug-likeness (QED) is 0.132. The van der Waals surface area contributed by atoms with Crippen molar-refractivity contribution in [3.8, 4) is 22.3 Å². The van der Waals surface area contributed by atoms with E-state index in [1.807, 2.05) is 19.9 Å². The van der Waals surface area contributed by atoms with Gasteiger partial charge in [0.25, 0.3) is 0 Å². The number of anilines is 2. The zero-order chi connectivity index (χ0) is 50.7. The van der Waals surface area contributed by atoms with Crippen LogP contribution in [0.5, 0.6) is 0 Å². The summed E-state index contributed by atoms with van der Waals surface area (Å²) in [5.74, 6) is 1.22. The lowest BCUT2D eigenvalue weighted by molar-refractivity contribution is 0.767. The van der Waals surface area contributed by atoms with Gasteiger partial charge in [-0.25, -0.2) is 0 Å². The zero-order valence-electron chi connectivity index (χ0n) is 43.6. The molecule has 0 bridgehead atoms. The standard InChI is InChI=1S/C57H51NS.C12H12.C2H6/c1-6-19-43-22-10-14-28-49(43)53(55-40(2)32-34-44-23-11-15-29-50(44)55)39-59(4,5)58(48-27-18-26-47(38-48)42-20-8-7-9-21-42)54-37-36-46-25-13-17-31-52(46)57(54)56-41(3)33-35-45-24-12-16-30-51(45)56;1-3-7-11(8-4-1)12-9-5-2-6-10-12;1-2/h6-22,24-38,44H,1,23,39H2,2-5H3;1-5,7-9H,6,10H2;1-2H3/b43-19-,53-49+;;. The lowest BCUT2D eigenvalue weighted by atomic mass is 9.77. The van der Waals surface area contributed by atoms with E-state index in [9.17, 15) is 0 Å². The van der Waals surface area contributed by atoms with Crippen LogP contribution < -0.4 is 14.7 Å². The number of fused-ring (bicyclic) bond motifs is 3. The van der Waals surface area contributed by atoms with Gasteiger partial charge in [0.15, 0.2) is 0 Å². The molecule has 0 aliphatic heterocycles. The largest absolute Gasteiger partial charge is 0.303 e. The van der Waals surface area contributed by atoms with E-state index in [1.165, 1.54) is 117 Å². The summed E-state index contributed by atoms with van der Waals surface area (Å²) in [5.41, 5.74) is 17.0. The molecule has 0 N–H and O–H groups in total. The maximum Gasteiger partial charge on any atom is 0.0593 e. The fraction of sp³-hybridized carbons (Fsp3) is 0.155. The van der Waals surface area contributed by atoms with Crippen molar-refractivity contribution in [1.82, 2.24) is 0 Å². The lowest BCUT2D eigenvalue weighted by Gasteiger charge is -2.47. The third kappa shape index (κ3) is 10.9. The van der Waals surface area contributed by atoms with Gasteiger partial charge in [0.05, 0.1) is 11.4 Å². The Labute approximate surface area is 437 Å². The maximum atomic E-state index is 4.15. The molecule has 2 heteroatoms. The Morgan fingerprint density at radius 1 is 0.630 bits per heavy atom. The third-order valence-electron chi connectivity index (χ3n) is 14.2. The highest BCUT2D eigenvalue weighted by atomic mass is 32.3. The van der Waals surface area contributed by atoms with E-state index >= 15 is 0 Å². The van der Waals surface area contributed by atoms with Crippen LogP contribution in [-0.2, 0) is 0 Å². The third-order valence-corrected chi connectivity index (χ3v) is 16.6. The Balaban J connectivity index is 0.000000406. The van der Waals surface area contributed by atoms with Crippen LogP contribution in [0.15, 0.2) is 260 Å². The van der Waals surface area contributed by atoms with E-state index in [1.54, 1.807) is 0 Å². The zero-order valence-corrected chi connectivity index (χ0v) is 44.4. The average Bonchev–Trinajstić information content (AvgIpc) is 3.44. The first-order valence-electron chi connectivity index (χ1n) is 26.0. The van der Waals surface area contributed by atoms with E-state index in [0.29, 0.717) is 5.92 Å². The van der Waals surface area contributed by atoms with E-state index in [0.717, 1.165) is 12.2 Å². The number of aryl methyl sites for hydroxylation is 1. The predicted molar refractivity (Wildman–Crippen MR) is 325 cm³/mol. The second-order valence-electron chi connectivity index (χ2n) is 19.3. The average molecular weight is 968 g/mol. The Morgan fingerprint density at radius 3 is 1.97 bits per heavy atom. The number of hydrogen-bond donors (Lipinski definition) is 0. The summed E-state index contributed by atoms with van der Waals surface area (Å²) in [4.78, 5) is 0. The van der Waals surface area contributed by atoms with Crippen LogP contribution in [0.2, 0.25) is 0 Å². The molecule has 73 heavy (non-hydrogen) atoms. The Morgan fingerprint density at radius 2 is 1.26 bits per heavy atom. The van der Waals surface area contributed by atoms with Gasteiger partial charge in [-0.15, -0.1) is 0 Å². The van der Waals surface area contributed by atoms with Gasteiger partial charge in [0.2, 0.25) is 0 Å². The molecule has 3 aliphatic rings. The fourth-order valence-corrected chi connectivity index (χ4v) is 13.4. The van der Waals surface area contributed by atoms with Gasteiger partial charge in [-0.05, 0) is 151 Å². The summed E-state index contributed by atoms with van der Waals surface area (Å²) < 4.78 is 2.74. The molecule has 364 valence electrons. The van der Waals surface area contributed by atoms with E-state index < -0.39 is 10.2 Å². The molecule has 0 aromatic heterocycles. The summed E-state index contributed by atoms with van der Waals surface area (Å²) in [6.07, 6.45) is 30.8. The number of benzene rings is 8. The maximum absolute atomic E-state index is 4.15. The van der Waals surface area contributed by atoms with Gasteiger partial charge < -0.3 is 4.31 Å². The first-order chi connectivity index (χ1) is 35.8. The second kappa shape index (κ2) is 23.3. The SMILES string of the molecule is C1=CCCC(c2ccccc2)=C1.C=C/C=c1/cccc/c1=C(/CS(C)(C)N(c1cccc(-c2ccccc2)c1)c1ccc2ccccc2c1-c1c(C)ccc2ccccc12)C1=C(C)C=CC2CC=CC=C12.CC. The minimum absolute atomic E-state index is 0.363. The van der Waals surface area contributed by atoms with Crippen LogP contribution >= 0.6 is 10.2 Å². The molecule has 8 aromatic carbocycles. The molecule has 0 saturated carbocycles. The minimum atomic E-state index is -1.73. The van der Waals surface area contributed by atoms with Crippen molar-refractivity contribution in [2.75, 3.05) is 22.6 Å². The first kappa shape index (κ1) is 50.3. The molecule has 0 spiro atoms. The minimum Gasteiger partial charge on any atom is -0.303 e. The molecule has 3 aliphatic carbocycles. The van der Waals surface area contributed by atoms with Gasteiger partial charge in [-0.3, -0.25) is 0 Å². The number of hydrogen-bond acceptors (Lipinski definition) is 1. The molecule has 0 amide bonds. The van der Waals surface area contributed by atoms with Crippen molar-refractivity contribution in [3.63, 3.8) is 0 Å². The Bertz CT molecular complexity index is 3600. The molecule has 8 aromatic rings. The van der Waals surface area contributed by atoms with Crippen LogP contribution in [-0.4, -0.2) is 18.3 Å². The van der Waals surface area contributed by atoms with Gasteiger partial charge in [-0.2, -0.15) is 10.2 Å². The summed E-state index contributed by atoms with van der Waals surface area (Å²) in [6, 6.07) is 66.7. The molecule has 1 unspecified atom stereocenters. The first-order valence-corrected chi connectivity index (χ1v) is 28.6. The predicted octanol–water partition coefficient (Wildman–Crippen LogP) is 18.4. The number of nitrogens with zero attached hydrogens (tertiary/aromatic N) is 1. The highest BCUT2D eigenvalue weighted by Crippen LogP contribution is 2.58. The van der Waals surface area contributed by atoms with Gasteiger partial charge in [0.1, 0.15) is 0 Å². The van der Waals surface area contributed by atoms with Crippen molar-refractivity contribution >= 4 is 60.4 Å². The topological polar surface area (TPSA) is 3.24 Å². The summed E-state index contributed by atoms with van der Waals surface area (Å²) in [6.45, 7) is 12.7. The van der Waals surface area contributed by atoms with Crippen LogP contribution in [0.1, 0.15) is 51.2 Å². The highest BCUT2D eigenvalue weighted by molar-refractivity contribution is 8.34. The van der Waals surface area contributed by atoms with Gasteiger partial charge in [0, 0.05) is 17.2 Å². The summed E-state index contributed by atoms with van der Waals surface area (Å²) in [5, 5.41) is 7.49. The van der Waals surface area contributed by atoms with Crippen LogP contribution in [0.3, 0.4) is 0 Å². The van der Waals surface area contributed by atoms with Crippen molar-refractivity contribution in [1.29, 1.82) is 0 Å². The molecule has 0 heterocycles. The summed E-state index contributed by atoms with van der Waals surface area (Å²) >= 11 is 0. The molecule has 11 rings (SSSR count). The monoisotopic (exact) mass is 968 g/mol. The van der Waals surface area contributed by atoms with E-state index in [-0.39, 0.29) is 0 Å². The number of allylic oxidation sites excluding steroid dienone is 13. The van der Waals surface area contributed by atoms with Gasteiger partial charge in [-0.1, -0.05) is 245 Å². The number of rotatable bonds is 10. The fourth-order valence-electron chi connectivity index (χ4n) is 10.9. The van der Waals surface area contributed by atoms with Crippen molar-refractivity contribution in [2.45, 2.75) is 47.0 Å². The molecular weight excluding hydrogens is 899 g/mol. The van der Waals surface area contributed by atoms with Crippen molar-refractivity contribution in [2.24, 2.45) is 5.92 Å². The second-order valence-corrected chi connectivity index (χ2v) is 22.9. The highest BCUT2D eigenvalue weighted by Gasteiger charge is 2.33. The van der Waals surface area contributed by atoms with Crippen LogP contribution in [0, 0.1) is 12.8 Å². The van der Waals surface area contributed by atoms with Crippen LogP contribution in [0.4, 0.5) is 11.4 Å². The molecule has 1 atom stereocenters. The van der Waals surface area contributed by atoms with Crippen molar-refractivity contribution in [3.05, 3.63) is 282 Å². The molecule has 0 radical (unpaired) electrons. The molecule has 1 nitrogen and oxygen atoms in total. The summed E-state index contributed by atoms with van der Waals surface area (Å²) in [7, 11) is -1.73. The van der Waals surface area contributed by atoms with E-state index in [4.69, 9.17) is 0 Å². The van der Waals surface area contributed by atoms with E-state index in [2.05, 4.69) is 274 Å². The van der Waals surface area contributed by atoms with Crippen molar-refractivity contribution < 1.29 is 0 Å². The molecule has 0 saturated heterocycles. The Kier molecular flexibility index (Phi) is 16.0. The molecule has 0 fully saturated rings. The van der Waals surface area contributed by atoms with Crippen LogP contribution in [0.25, 0.3) is 61.0 Å². The normalized spacial score (nSPS) is 15.8. The Hall–Kier alpha value is -7.65. The lowest BCUT2D eigenvalue weighted by Crippen LogP contribution is -2.33. The van der Waals surface area contributed by atoms with Gasteiger partial charge >= 0.3 is 0 Å². The molecular formula is C71H69NS.